The van der Waals surface area contributed by atoms with E-state index in [2.05, 4.69) is 15.4 Å². The summed E-state index contributed by atoms with van der Waals surface area (Å²) in [6.45, 7) is 7.96. The van der Waals surface area contributed by atoms with E-state index in [1.807, 2.05) is 0 Å². The maximum atomic E-state index is 12.9. The van der Waals surface area contributed by atoms with Crippen molar-refractivity contribution in [2.75, 3.05) is 11.3 Å². The highest BCUT2D eigenvalue weighted by atomic mass is 32.2. The number of hydrogen-bond donors (Lipinski definition) is 3. The zero-order chi connectivity index (χ0) is 24.1. The number of carbonyl (C=O) groups excluding carboxylic acids is 3. The molecular formula is C22H27N3O6S. The summed E-state index contributed by atoms with van der Waals surface area (Å²) < 4.78 is 33.1. The lowest BCUT2D eigenvalue weighted by molar-refractivity contribution is -0.123. The summed E-state index contributed by atoms with van der Waals surface area (Å²) in [6.07, 6.45) is 0. The molecule has 0 spiro atoms. The van der Waals surface area contributed by atoms with Gasteiger partial charge in [0.05, 0.1) is 16.1 Å². The number of hydrogen-bond acceptors (Lipinski definition) is 6. The molecule has 0 saturated carbocycles. The van der Waals surface area contributed by atoms with Crippen LogP contribution in [0.15, 0.2) is 47.4 Å². The molecule has 0 saturated heterocycles. The maximum absolute atomic E-state index is 12.9. The van der Waals surface area contributed by atoms with E-state index < -0.39 is 40.1 Å². The average Bonchev–Trinajstić information content (AvgIpc) is 2.66. The standard InChI is InChI=1S/C22H27N3O6S/c1-14-10-11-15(2)18(12-14)32(29,30)25-17-9-7-6-8-16(17)20(27)31-13-19(26)23-21(28)24-22(3,4)5/h6-12,25H,13H2,1-5H3,(H2,23,24,26,28). The first-order chi connectivity index (χ1) is 14.8. The third-order valence-electron chi connectivity index (χ3n) is 4.10. The molecule has 0 radical (unpaired) electrons. The normalized spacial score (nSPS) is 11.4. The fourth-order valence-electron chi connectivity index (χ4n) is 2.69. The molecule has 32 heavy (non-hydrogen) atoms. The van der Waals surface area contributed by atoms with Gasteiger partial charge >= 0.3 is 12.0 Å². The fourth-order valence-corrected chi connectivity index (χ4v) is 4.10. The van der Waals surface area contributed by atoms with Gasteiger partial charge in [-0.3, -0.25) is 14.8 Å². The number of rotatable bonds is 6. The summed E-state index contributed by atoms with van der Waals surface area (Å²) in [7, 11) is -3.98. The Morgan fingerprint density at radius 2 is 1.66 bits per heavy atom. The Hall–Kier alpha value is -3.40. The first-order valence-electron chi connectivity index (χ1n) is 9.77. The van der Waals surface area contributed by atoms with Crippen LogP contribution >= 0.6 is 0 Å². The van der Waals surface area contributed by atoms with Crippen molar-refractivity contribution in [2.24, 2.45) is 0 Å². The number of anilines is 1. The van der Waals surface area contributed by atoms with Gasteiger partial charge in [-0.15, -0.1) is 0 Å². The smallest absolute Gasteiger partial charge is 0.340 e. The second kappa shape index (κ2) is 9.82. The van der Waals surface area contributed by atoms with Gasteiger partial charge in [-0.1, -0.05) is 24.3 Å². The molecule has 0 bridgehead atoms. The molecule has 0 aliphatic rings. The number of ether oxygens (including phenoxy) is 1. The number of imide groups is 1. The summed E-state index contributed by atoms with van der Waals surface area (Å²) in [4.78, 5) is 36.2. The molecule has 172 valence electrons. The van der Waals surface area contributed by atoms with Crippen LogP contribution in [0.5, 0.6) is 0 Å². The van der Waals surface area contributed by atoms with Crippen molar-refractivity contribution in [1.82, 2.24) is 10.6 Å². The van der Waals surface area contributed by atoms with E-state index in [0.29, 0.717) is 5.56 Å². The Morgan fingerprint density at radius 3 is 2.31 bits per heavy atom. The molecule has 10 heteroatoms. The van der Waals surface area contributed by atoms with E-state index in [1.165, 1.54) is 24.3 Å². The van der Waals surface area contributed by atoms with Crippen LogP contribution in [-0.2, 0) is 19.6 Å². The maximum Gasteiger partial charge on any atom is 0.340 e. The molecule has 0 unspecified atom stereocenters. The molecule has 2 rings (SSSR count). The van der Waals surface area contributed by atoms with Crippen molar-refractivity contribution < 1.29 is 27.5 Å². The lowest BCUT2D eigenvalue weighted by atomic mass is 10.1. The van der Waals surface area contributed by atoms with Crippen molar-refractivity contribution >= 4 is 33.6 Å². The number of urea groups is 1. The van der Waals surface area contributed by atoms with E-state index in [9.17, 15) is 22.8 Å². The van der Waals surface area contributed by atoms with Crippen LogP contribution in [0.25, 0.3) is 0 Å². The van der Waals surface area contributed by atoms with Crippen LogP contribution in [-0.4, -0.2) is 38.5 Å². The molecule has 3 amide bonds. The molecule has 0 aromatic heterocycles. The summed E-state index contributed by atoms with van der Waals surface area (Å²) in [6, 6.07) is 10.2. The van der Waals surface area contributed by atoms with Gasteiger partial charge in [0.1, 0.15) is 0 Å². The summed E-state index contributed by atoms with van der Waals surface area (Å²) >= 11 is 0. The molecule has 0 heterocycles. The SMILES string of the molecule is Cc1ccc(C)c(S(=O)(=O)Nc2ccccc2C(=O)OCC(=O)NC(=O)NC(C)(C)C)c1. The van der Waals surface area contributed by atoms with Crippen molar-refractivity contribution in [2.45, 2.75) is 45.1 Å². The molecule has 0 aliphatic carbocycles. The second-order valence-corrected chi connectivity index (χ2v) is 9.90. The predicted molar refractivity (Wildman–Crippen MR) is 120 cm³/mol. The minimum atomic E-state index is -3.98. The van der Waals surface area contributed by atoms with Crippen molar-refractivity contribution in [3.63, 3.8) is 0 Å². The lowest BCUT2D eigenvalue weighted by Gasteiger charge is -2.20. The molecular weight excluding hydrogens is 434 g/mol. The molecule has 0 atom stereocenters. The number of para-hydroxylation sites is 1. The monoisotopic (exact) mass is 461 g/mol. The number of esters is 1. The number of benzene rings is 2. The first kappa shape index (κ1) is 24.9. The van der Waals surface area contributed by atoms with E-state index in [4.69, 9.17) is 4.74 Å². The highest BCUT2D eigenvalue weighted by molar-refractivity contribution is 7.92. The summed E-state index contributed by atoms with van der Waals surface area (Å²) in [5.74, 6) is -1.75. The van der Waals surface area contributed by atoms with Crippen LogP contribution in [0.4, 0.5) is 10.5 Å². The van der Waals surface area contributed by atoms with Crippen LogP contribution < -0.4 is 15.4 Å². The number of amides is 3. The molecule has 9 nitrogen and oxygen atoms in total. The van der Waals surface area contributed by atoms with Crippen LogP contribution in [0, 0.1) is 13.8 Å². The minimum absolute atomic E-state index is 0.00397. The second-order valence-electron chi connectivity index (χ2n) is 8.25. The Labute approximate surface area is 187 Å². The largest absolute Gasteiger partial charge is 0.452 e. The van der Waals surface area contributed by atoms with Crippen molar-refractivity contribution in [3.05, 3.63) is 59.2 Å². The van der Waals surface area contributed by atoms with Gasteiger partial charge in [-0.2, -0.15) is 0 Å². The van der Waals surface area contributed by atoms with Crippen molar-refractivity contribution in [1.29, 1.82) is 0 Å². The van der Waals surface area contributed by atoms with E-state index >= 15 is 0 Å². The Morgan fingerprint density at radius 1 is 1.00 bits per heavy atom. The Balaban J connectivity index is 2.11. The molecule has 0 aliphatic heterocycles. The molecule has 2 aromatic rings. The summed E-state index contributed by atoms with van der Waals surface area (Å²) in [5, 5.41) is 4.59. The number of nitrogens with one attached hydrogen (secondary N) is 3. The Kier molecular flexibility index (Phi) is 7.63. The van der Waals surface area contributed by atoms with Gasteiger partial charge in [0.15, 0.2) is 6.61 Å². The van der Waals surface area contributed by atoms with E-state index in [-0.39, 0.29) is 16.1 Å². The average molecular weight is 462 g/mol. The quantitative estimate of drug-likeness (QED) is 0.567. The Bertz CT molecular complexity index is 1140. The van der Waals surface area contributed by atoms with Crippen LogP contribution in [0.1, 0.15) is 42.3 Å². The third-order valence-corrected chi connectivity index (χ3v) is 5.61. The zero-order valence-electron chi connectivity index (χ0n) is 18.6. The molecule has 2 aromatic carbocycles. The van der Waals surface area contributed by atoms with Gasteiger partial charge in [0.2, 0.25) is 0 Å². The van der Waals surface area contributed by atoms with Gasteiger partial charge in [0, 0.05) is 5.54 Å². The minimum Gasteiger partial charge on any atom is -0.452 e. The first-order valence-corrected chi connectivity index (χ1v) is 11.2. The summed E-state index contributed by atoms with van der Waals surface area (Å²) in [5.41, 5.74) is 0.698. The van der Waals surface area contributed by atoms with Crippen LogP contribution in [0.2, 0.25) is 0 Å². The van der Waals surface area contributed by atoms with Crippen LogP contribution in [0.3, 0.4) is 0 Å². The molecule has 0 fully saturated rings. The van der Waals surface area contributed by atoms with Gasteiger partial charge in [0.25, 0.3) is 15.9 Å². The van der Waals surface area contributed by atoms with Gasteiger partial charge < -0.3 is 10.1 Å². The number of carbonyl (C=O) groups is 3. The van der Waals surface area contributed by atoms with E-state index in [0.717, 1.165) is 5.56 Å². The highest BCUT2D eigenvalue weighted by Gasteiger charge is 2.22. The zero-order valence-corrected chi connectivity index (χ0v) is 19.4. The number of sulfonamides is 1. The lowest BCUT2D eigenvalue weighted by Crippen LogP contribution is -2.49. The highest BCUT2D eigenvalue weighted by Crippen LogP contribution is 2.23. The van der Waals surface area contributed by atoms with Gasteiger partial charge in [-0.25, -0.2) is 18.0 Å². The third kappa shape index (κ3) is 7.09. The van der Waals surface area contributed by atoms with E-state index in [1.54, 1.807) is 52.8 Å². The topological polar surface area (TPSA) is 131 Å². The molecule has 3 N–H and O–H groups in total. The predicted octanol–water partition coefficient (Wildman–Crippen LogP) is 2.89. The van der Waals surface area contributed by atoms with Crippen molar-refractivity contribution in [3.8, 4) is 0 Å². The number of aryl methyl sites for hydroxylation is 2. The van der Waals surface area contributed by atoms with Gasteiger partial charge in [-0.05, 0) is 63.9 Å². The fraction of sp³-hybridized carbons (Fsp3) is 0.318.